The molecule has 0 amide bonds. The molecule has 84 valence electrons. The van der Waals surface area contributed by atoms with E-state index in [1.165, 1.54) is 16.7 Å². The molecule has 0 saturated heterocycles. The highest BCUT2D eigenvalue weighted by Crippen LogP contribution is 2.25. The van der Waals surface area contributed by atoms with Crippen LogP contribution in [0.2, 0.25) is 0 Å². The molecule has 2 heteroatoms. The number of thioether (sulfide) groups is 1. The van der Waals surface area contributed by atoms with Crippen LogP contribution in [0.3, 0.4) is 0 Å². The minimum Gasteiger partial charge on any atom is -0.388 e. The van der Waals surface area contributed by atoms with Crippen LogP contribution < -0.4 is 0 Å². The molecule has 0 aliphatic carbocycles. The maximum atomic E-state index is 10.0. The molecule has 0 saturated carbocycles. The van der Waals surface area contributed by atoms with Crippen molar-refractivity contribution in [2.45, 2.75) is 33.3 Å². The molecule has 1 rings (SSSR count). The van der Waals surface area contributed by atoms with Crippen molar-refractivity contribution in [2.75, 3.05) is 12.0 Å². The third-order valence-electron chi connectivity index (χ3n) is 3.05. The van der Waals surface area contributed by atoms with Gasteiger partial charge in [0, 0.05) is 0 Å². The van der Waals surface area contributed by atoms with Gasteiger partial charge in [-0.2, -0.15) is 11.8 Å². The third kappa shape index (κ3) is 2.99. The van der Waals surface area contributed by atoms with Crippen LogP contribution in [0.5, 0.6) is 0 Å². The van der Waals surface area contributed by atoms with Crippen molar-refractivity contribution in [2.24, 2.45) is 0 Å². The average molecular weight is 224 g/mol. The van der Waals surface area contributed by atoms with Gasteiger partial charge in [-0.15, -0.1) is 0 Å². The molecule has 0 radical (unpaired) electrons. The van der Waals surface area contributed by atoms with Crippen molar-refractivity contribution in [1.82, 2.24) is 0 Å². The van der Waals surface area contributed by atoms with Crippen molar-refractivity contribution < 1.29 is 5.11 Å². The largest absolute Gasteiger partial charge is 0.388 e. The molecule has 0 heterocycles. The summed E-state index contributed by atoms with van der Waals surface area (Å²) in [5.74, 6) is 1.01. The van der Waals surface area contributed by atoms with Crippen molar-refractivity contribution in [3.8, 4) is 0 Å². The molecule has 0 bridgehead atoms. The van der Waals surface area contributed by atoms with Crippen LogP contribution in [0.1, 0.15) is 34.8 Å². The van der Waals surface area contributed by atoms with E-state index in [1.807, 2.05) is 0 Å². The molecule has 15 heavy (non-hydrogen) atoms. The van der Waals surface area contributed by atoms with Crippen LogP contribution in [-0.4, -0.2) is 17.1 Å². The highest BCUT2D eigenvalue weighted by molar-refractivity contribution is 7.98. The second kappa shape index (κ2) is 5.57. The van der Waals surface area contributed by atoms with E-state index in [0.717, 1.165) is 17.7 Å². The van der Waals surface area contributed by atoms with E-state index in [9.17, 15) is 5.11 Å². The Morgan fingerprint density at radius 3 is 2.47 bits per heavy atom. The van der Waals surface area contributed by atoms with Gasteiger partial charge in [-0.05, 0) is 61.5 Å². The van der Waals surface area contributed by atoms with Gasteiger partial charge in [0.25, 0.3) is 0 Å². The second-order valence-corrected chi connectivity index (χ2v) is 5.00. The van der Waals surface area contributed by atoms with E-state index >= 15 is 0 Å². The number of hydrogen-bond donors (Lipinski definition) is 1. The lowest BCUT2D eigenvalue weighted by molar-refractivity contribution is 0.174. The predicted molar refractivity (Wildman–Crippen MR) is 68.6 cm³/mol. The fraction of sp³-hybridized carbons (Fsp3) is 0.538. The molecule has 1 atom stereocenters. The van der Waals surface area contributed by atoms with Crippen molar-refractivity contribution >= 4 is 11.8 Å². The van der Waals surface area contributed by atoms with E-state index in [2.05, 4.69) is 39.2 Å². The van der Waals surface area contributed by atoms with E-state index in [0.29, 0.717) is 0 Å². The molecule has 0 fully saturated rings. The molecule has 1 aromatic carbocycles. The molecule has 0 aliphatic heterocycles. The summed E-state index contributed by atoms with van der Waals surface area (Å²) < 4.78 is 0. The first kappa shape index (κ1) is 12.6. The zero-order valence-electron chi connectivity index (χ0n) is 10.0. The summed E-state index contributed by atoms with van der Waals surface area (Å²) in [7, 11) is 0. The second-order valence-electron chi connectivity index (χ2n) is 4.02. The SMILES string of the molecule is CSCCC(O)c1ccc(C)c(C)c1C. The predicted octanol–water partition coefficient (Wildman–Crippen LogP) is 3.40. The summed E-state index contributed by atoms with van der Waals surface area (Å²) >= 11 is 1.78. The highest BCUT2D eigenvalue weighted by Gasteiger charge is 2.11. The normalized spacial score (nSPS) is 12.9. The summed E-state index contributed by atoms with van der Waals surface area (Å²) in [6.45, 7) is 6.33. The highest BCUT2D eigenvalue weighted by atomic mass is 32.2. The van der Waals surface area contributed by atoms with Gasteiger partial charge in [-0.3, -0.25) is 0 Å². The number of benzene rings is 1. The van der Waals surface area contributed by atoms with Crippen LogP contribution >= 0.6 is 11.8 Å². The first-order valence-corrected chi connectivity index (χ1v) is 6.71. The van der Waals surface area contributed by atoms with E-state index < -0.39 is 0 Å². The maximum Gasteiger partial charge on any atom is 0.0800 e. The van der Waals surface area contributed by atoms with Gasteiger partial charge in [0.2, 0.25) is 0 Å². The Labute approximate surface area is 96.9 Å². The Bertz CT molecular complexity index is 334. The third-order valence-corrected chi connectivity index (χ3v) is 3.70. The van der Waals surface area contributed by atoms with Crippen LogP contribution in [0, 0.1) is 20.8 Å². The topological polar surface area (TPSA) is 20.2 Å². The van der Waals surface area contributed by atoms with Gasteiger partial charge in [0.05, 0.1) is 6.10 Å². The maximum absolute atomic E-state index is 10.0. The van der Waals surface area contributed by atoms with Crippen molar-refractivity contribution in [3.63, 3.8) is 0 Å². The van der Waals surface area contributed by atoms with E-state index in [4.69, 9.17) is 0 Å². The molecule has 1 unspecified atom stereocenters. The molecule has 0 spiro atoms. The number of aryl methyl sites for hydroxylation is 1. The Kier molecular flexibility index (Phi) is 4.68. The molecular weight excluding hydrogens is 204 g/mol. The number of rotatable bonds is 4. The minimum absolute atomic E-state index is 0.309. The number of aliphatic hydroxyl groups excluding tert-OH is 1. The fourth-order valence-corrected chi connectivity index (χ4v) is 2.18. The lowest BCUT2D eigenvalue weighted by Gasteiger charge is -2.16. The van der Waals surface area contributed by atoms with Crippen LogP contribution in [-0.2, 0) is 0 Å². The standard InChI is InChI=1S/C13H20OS/c1-9-5-6-12(11(3)10(9)2)13(14)7-8-15-4/h5-6,13-14H,7-8H2,1-4H3. The lowest BCUT2D eigenvalue weighted by Crippen LogP contribution is -2.03. The Morgan fingerprint density at radius 1 is 1.20 bits per heavy atom. The van der Waals surface area contributed by atoms with Crippen molar-refractivity contribution in [1.29, 1.82) is 0 Å². The fourth-order valence-electron chi connectivity index (χ4n) is 1.72. The Morgan fingerprint density at radius 2 is 1.87 bits per heavy atom. The summed E-state index contributed by atoms with van der Waals surface area (Å²) in [6.07, 6.45) is 2.60. The molecule has 0 aromatic heterocycles. The quantitative estimate of drug-likeness (QED) is 0.846. The summed E-state index contributed by atoms with van der Waals surface area (Å²) in [5.41, 5.74) is 4.93. The molecule has 0 aliphatic rings. The zero-order chi connectivity index (χ0) is 11.4. The summed E-state index contributed by atoms with van der Waals surface area (Å²) in [6, 6.07) is 4.16. The van der Waals surface area contributed by atoms with Gasteiger partial charge in [-0.1, -0.05) is 12.1 Å². The van der Waals surface area contributed by atoms with Gasteiger partial charge in [0.15, 0.2) is 0 Å². The van der Waals surface area contributed by atoms with Crippen LogP contribution in [0.4, 0.5) is 0 Å². The minimum atomic E-state index is -0.309. The first-order chi connectivity index (χ1) is 7.07. The Balaban J connectivity index is 2.90. The summed E-state index contributed by atoms with van der Waals surface area (Å²) in [5, 5.41) is 10.0. The van der Waals surface area contributed by atoms with E-state index in [-0.39, 0.29) is 6.10 Å². The average Bonchev–Trinajstić information content (AvgIpc) is 2.23. The van der Waals surface area contributed by atoms with Gasteiger partial charge in [-0.25, -0.2) is 0 Å². The smallest absolute Gasteiger partial charge is 0.0800 e. The van der Waals surface area contributed by atoms with Gasteiger partial charge in [0.1, 0.15) is 0 Å². The van der Waals surface area contributed by atoms with Crippen molar-refractivity contribution in [3.05, 3.63) is 34.4 Å². The number of hydrogen-bond acceptors (Lipinski definition) is 2. The first-order valence-electron chi connectivity index (χ1n) is 5.31. The zero-order valence-corrected chi connectivity index (χ0v) is 10.8. The Hall–Kier alpha value is -0.470. The van der Waals surface area contributed by atoms with E-state index in [1.54, 1.807) is 11.8 Å². The van der Waals surface area contributed by atoms with Gasteiger partial charge < -0.3 is 5.11 Å². The molecule has 1 aromatic rings. The molecular formula is C13H20OS. The lowest BCUT2D eigenvalue weighted by atomic mass is 9.95. The van der Waals surface area contributed by atoms with Crippen LogP contribution in [0.15, 0.2) is 12.1 Å². The number of aliphatic hydroxyl groups is 1. The molecule has 1 N–H and O–H groups in total. The monoisotopic (exact) mass is 224 g/mol. The van der Waals surface area contributed by atoms with Gasteiger partial charge >= 0.3 is 0 Å². The molecule has 1 nitrogen and oxygen atoms in total. The van der Waals surface area contributed by atoms with Crippen LogP contribution in [0.25, 0.3) is 0 Å². The summed E-state index contributed by atoms with van der Waals surface area (Å²) in [4.78, 5) is 0.